The van der Waals surface area contributed by atoms with Crippen LogP contribution in [0.1, 0.15) is 15.9 Å². The smallest absolute Gasteiger partial charge is 0.205 e. The van der Waals surface area contributed by atoms with Crippen molar-refractivity contribution < 1.29 is 24.9 Å². The predicted molar refractivity (Wildman–Crippen MR) is 77.2 cm³/mol. The Bertz CT molecular complexity index is 674. The molecule has 0 aliphatic carbocycles. The second kappa shape index (κ2) is 6.00. The van der Waals surface area contributed by atoms with Crippen molar-refractivity contribution in [1.29, 1.82) is 0 Å². The molecule has 2 rings (SSSR count). The predicted octanol–water partition coefficient (Wildman–Crippen LogP) is 3.14. The lowest BCUT2D eigenvalue weighted by molar-refractivity contribution is 0.112. The largest absolute Gasteiger partial charge is 0.504 e. The van der Waals surface area contributed by atoms with Crippen LogP contribution in [-0.4, -0.2) is 21.6 Å². The third-order valence-corrected chi connectivity index (χ3v) is 2.90. The lowest BCUT2D eigenvalue weighted by Crippen LogP contribution is -1.90. The van der Waals surface area contributed by atoms with Crippen molar-refractivity contribution in [2.45, 2.75) is 6.42 Å². The van der Waals surface area contributed by atoms with Crippen LogP contribution in [0.2, 0.25) is 0 Å². The number of aromatic hydroxyl groups is 3. The van der Waals surface area contributed by atoms with Gasteiger partial charge in [0.15, 0.2) is 17.8 Å². The number of hydrogen-bond donors (Lipinski definition) is 3. The van der Waals surface area contributed by atoms with E-state index in [4.69, 9.17) is 4.74 Å². The molecule has 0 amide bonds. The Kier molecular flexibility index (Phi) is 4.13. The van der Waals surface area contributed by atoms with Gasteiger partial charge in [0.05, 0.1) is 5.56 Å². The maximum atomic E-state index is 10.8. The molecule has 5 heteroatoms. The number of aldehydes is 1. The van der Waals surface area contributed by atoms with Gasteiger partial charge in [-0.15, -0.1) is 6.58 Å². The van der Waals surface area contributed by atoms with Crippen LogP contribution in [-0.2, 0) is 6.42 Å². The molecule has 2 aromatic rings. The first-order valence-electron chi connectivity index (χ1n) is 6.17. The molecular weight excluding hydrogens is 272 g/mol. The third-order valence-electron chi connectivity index (χ3n) is 2.90. The molecule has 0 unspecified atom stereocenters. The van der Waals surface area contributed by atoms with Crippen LogP contribution < -0.4 is 4.74 Å². The van der Waals surface area contributed by atoms with Crippen LogP contribution in [0.15, 0.2) is 43.0 Å². The maximum Gasteiger partial charge on any atom is 0.205 e. The van der Waals surface area contributed by atoms with Gasteiger partial charge in [-0.05, 0) is 30.2 Å². The highest BCUT2D eigenvalue weighted by Gasteiger charge is 2.17. The van der Waals surface area contributed by atoms with E-state index < -0.39 is 17.2 Å². The molecule has 0 radical (unpaired) electrons. The van der Waals surface area contributed by atoms with E-state index in [1.54, 1.807) is 18.2 Å². The monoisotopic (exact) mass is 286 g/mol. The van der Waals surface area contributed by atoms with Crippen molar-refractivity contribution >= 4 is 6.29 Å². The Morgan fingerprint density at radius 1 is 1.05 bits per heavy atom. The highest BCUT2D eigenvalue weighted by atomic mass is 16.5. The number of phenols is 3. The standard InChI is InChI=1S/C16H14O5/c1-2-3-10-4-6-12(7-5-10)21-13-8-11(9-17)14(18)16(20)15(13)19/h2,4-9,18-20H,1,3H2. The number of rotatable bonds is 5. The molecule has 0 aliphatic heterocycles. The summed E-state index contributed by atoms with van der Waals surface area (Å²) in [6.45, 7) is 3.65. The molecule has 3 N–H and O–H groups in total. The van der Waals surface area contributed by atoms with E-state index in [9.17, 15) is 20.1 Å². The number of phenolic OH excluding ortho intramolecular Hbond substituents is 3. The minimum atomic E-state index is -0.794. The van der Waals surface area contributed by atoms with Gasteiger partial charge >= 0.3 is 0 Å². The Morgan fingerprint density at radius 2 is 1.71 bits per heavy atom. The fraction of sp³-hybridized carbons (Fsp3) is 0.0625. The summed E-state index contributed by atoms with van der Waals surface area (Å²) >= 11 is 0. The molecule has 0 atom stereocenters. The van der Waals surface area contributed by atoms with E-state index in [0.29, 0.717) is 12.0 Å². The van der Waals surface area contributed by atoms with E-state index in [1.807, 2.05) is 12.1 Å². The number of allylic oxidation sites excluding steroid dienone is 1. The lowest BCUT2D eigenvalue weighted by atomic mass is 10.1. The molecule has 0 saturated carbocycles. The van der Waals surface area contributed by atoms with E-state index in [-0.39, 0.29) is 11.3 Å². The molecule has 0 heterocycles. The van der Waals surface area contributed by atoms with Crippen LogP contribution in [0.5, 0.6) is 28.7 Å². The maximum absolute atomic E-state index is 10.8. The molecule has 0 aromatic heterocycles. The number of benzene rings is 2. The molecule has 0 bridgehead atoms. The summed E-state index contributed by atoms with van der Waals surface area (Å²) in [5.74, 6) is -1.81. The zero-order chi connectivity index (χ0) is 15.4. The third kappa shape index (κ3) is 2.97. The molecule has 0 saturated heterocycles. The van der Waals surface area contributed by atoms with Crippen LogP contribution in [0.25, 0.3) is 0 Å². The van der Waals surface area contributed by atoms with Crippen LogP contribution in [0.3, 0.4) is 0 Å². The summed E-state index contributed by atoms with van der Waals surface area (Å²) in [6, 6.07) is 8.17. The topological polar surface area (TPSA) is 87.0 Å². The van der Waals surface area contributed by atoms with Gasteiger partial charge in [-0.25, -0.2) is 0 Å². The van der Waals surface area contributed by atoms with Gasteiger partial charge in [0.25, 0.3) is 0 Å². The fourth-order valence-corrected chi connectivity index (χ4v) is 1.80. The highest BCUT2D eigenvalue weighted by Crippen LogP contribution is 2.45. The second-order valence-corrected chi connectivity index (χ2v) is 4.37. The Hall–Kier alpha value is -2.95. The molecule has 108 valence electrons. The molecular formula is C16H14O5. The average molecular weight is 286 g/mol. The van der Waals surface area contributed by atoms with Crippen molar-refractivity contribution in [2.24, 2.45) is 0 Å². The number of carbonyl (C=O) groups is 1. The first kappa shape index (κ1) is 14.5. The van der Waals surface area contributed by atoms with Crippen LogP contribution >= 0.6 is 0 Å². The summed E-state index contributed by atoms with van der Waals surface area (Å²) < 4.78 is 5.41. The zero-order valence-corrected chi connectivity index (χ0v) is 11.1. The summed E-state index contributed by atoms with van der Waals surface area (Å²) in [4.78, 5) is 10.8. The molecule has 0 fully saturated rings. The second-order valence-electron chi connectivity index (χ2n) is 4.37. The van der Waals surface area contributed by atoms with E-state index in [1.165, 1.54) is 0 Å². The number of ether oxygens (including phenoxy) is 1. The van der Waals surface area contributed by atoms with Crippen molar-refractivity contribution in [2.75, 3.05) is 0 Å². The zero-order valence-electron chi connectivity index (χ0n) is 11.1. The van der Waals surface area contributed by atoms with Gasteiger partial charge in [-0.3, -0.25) is 4.79 Å². The first-order valence-corrected chi connectivity index (χ1v) is 6.17. The Balaban J connectivity index is 2.32. The number of carbonyl (C=O) groups excluding carboxylic acids is 1. The van der Waals surface area contributed by atoms with Gasteiger partial charge < -0.3 is 20.1 Å². The Labute approximate surface area is 121 Å². The first-order chi connectivity index (χ1) is 10.1. The summed E-state index contributed by atoms with van der Waals surface area (Å²) in [6.07, 6.45) is 2.85. The molecule has 21 heavy (non-hydrogen) atoms. The molecule has 0 spiro atoms. The molecule has 0 aliphatic rings. The fourth-order valence-electron chi connectivity index (χ4n) is 1.80. The molecule has 2 aromatic carbocycles. The number of hydrogen-bond acceptors (Lipinski definition) is 5. The van der Waals surface area contributed by atoms with Gasteiger partial charge in [0, 0.05) is 0 Å². The van der Waals surface area contributed by atoms with E-state index in [2.05, 4.69) is 6.58 Å². The minimum Gasteiger partial charge on any atom is -0.504 e. The van der Waals surface area contributed by atoms with E-state index >= 15 is 0 Å². The van der Waals surface area contributed by atoms with Crippen LogP contribution in [0, 0.1) is 0 Å². The minimum absolute atomic E-state index is 0.121. The van der Waals surface area contributed by atoms with Crippen molar-refractivity contribution in [3.63, 3.8) is 0 Å². The summed E-state index contributed by atoms with van der Waals surface area (Å²) in [7, 11) is 0. The van der Waals surface area contributed by atoms with Gasteiger partial charge in [-0.2, -0.15) is 0 Å². The van der Waals surface area contributed by atoms with Crippen molar-refractivity contribution in [1.82, 2.24) is 0 Å². The lowest BCUT2D eigenvalue weighted by Gasteiger charge is -2.11. The SMILES string of the molecule is C=CCc1ccc(Oc2cc(C=O)c(O)c(O)c2O)cc1. The highest BCUT2D eigenvalue weighted by molar-refractivity contribution is 5.83. The quantitative estimate of drug-likeness (QED) is 0.446. The van der Waals surface area contributed by atoms with E-state index in [0.717, 1.165) is 18.1 Å². The van der Waals surface area contributed by atoms with Gasteiger partial charge in [0.2, 0.25) is 11.5 Å². The summed E-state index contributed by atoms with van der Waals surface area (Å²) in [5, 5.41) is 28.7. The normalized spacial score (nSPS) is 10.1. The van der Waals surface area contributed by atoms with Gasteiger partial charge in [0.1, 0.15) is 5.75 Å². The van der Waals surface area contributed by atoms with Crippen LogP contribution in [0.4, 0.5) is 0 Å². The summed E-state index contributed by atoms with van der Waals surface area (Å²) in [5.41, 5.74) is 0.868. The average Bonchev–Trinajstić information content (AvgIpc) is 2.50. The Morgan fingerprint density at radius 3 is 2.29 bits per heavy atom. The van der Waals surface area contributed by atoms with Crippen molar-refractivity contribution in [3.05, 3.63) is 54.1 Å². The van der Waals surface area contributed by atoms with Crippen molar-refractivity contribution in [3.8, 4) is 28.7 Å². The van der Waals surface area contributed by atoms with Gasteiger partial charge in [-0.1, -0.05) is 18.2 Å². The molecule has 5 nitrogen and oxygen atoms in total.